The first-order valence-corrected chi connectivity index (χ1v) is 6.37. The van der Waals surface area contributed by atoms with Crippen LogP contribution in [0.1, 0.15) is 23.7 Å². The number of aliphatic hydroxyl groups is 2. The van der Waals surface area contributed by atoms with Gasteiger partial charge in [0.15, 0.2) is 0 Å². The molecule has 100 valence electrons. The first-order chi connectivity index (χ1) is 8.49. The van der Waals surface area contributed by atoms with Crippen LogP contribution in [0.4, 0.5) is 5.69 Å². The summed E-state index contributed by atoms with van der Waals surface area (Å²) in [6.45, 7) is 1.12. The second kappa shape index (κ2) is 6.17. The summed E-state index contributed by atoms with van der Waals surface area (Å²) in [5.74, 6) is -0.390. The molecule has 0 aliphatic carbocycles. The van der Waals surface area contributed by atoms with Gasteiger partial charge in [-0.15, -0.1) is 0 Å². The van der Waals surface area contributed by atoms with Crippen molar-refractivity contribution >= 4 is 27.5 Å². The molecule has 18 heavy (non-hydrogen) atoms. The lowest BCUT2D eigenvalue weighted by Gasteiger charge is -2.29. The van der Waals surface area contributed by atoms with E-state index in [4.69, 9.17) is 5.73 Å². The van der Waals surface area contributed by atoms with E-state index in [1.54, 1.807) is 25.1 Å². The predicted molar refractivity (Wildman–Crippen MR) is 73.2 cm³/mol. The predicted octanol–water partition coefficient (Wildman–Crippen LogP) is 0.895. The number of aliphatic hydroxyl groups excluding tert-OH is 2. The van der Waals surface area contributed by atoms with Crippen LogP contribution in [0.5, 0.6) is 0 Å². The van der Waals surface area contributed by atoms with Gasteiger partial charge < -0.3 is 21.3 Å². The molecule has 6 heteroatoms. The summed E-state index contributed by atoms with van der Waals surface area (Å²) in [6, 6.07) is 4.96. The average molecular weight is 317 g/mol. The number of nitrogen functional groups attached to an aromatic ring is 1. The Bertz CT molecular complexity index is 425. The lowest BCUT2D eigenvalue weighted by molar-refractivity contribution is 0.0652. The van der Waals surface area contributed by atoms with Crippen molar-refractivity contribution in [2.75, 3.05) is 18.9 Å². The molecular weight excluding hydrogens is 300 g/mol. The molecule has 1 amide bonds. The fraction of sp³-hybridized carbons (Fsp3) is 0.417. The second-order valence-electron chi connectivity index (χ2n) is 4.11. The molecule has 0 aromatic heterocycles. The maximum absolute atomic E-state index is 12.1. The lowest BCUT2D eigenvalue weighted by Crippen LogP contribution is -2.53. The fourth-order valence-electron chi connectivity index (χ4n) is 1.47. The molecule has 0 atom stereocenters. The number of carbonyl (C=O) groups excluding carboxylic acids is 1. The van der Waals surface area contributed by atoms with Gasteiger partial charge in [-0.25, -0.2) is 0 Å². The Balaban J connectivity index is 2.98. The summed E-state index contributed by atoms with van der Waals surface area (Å²) in [6.07, 6.45) is 0.422. The third-order valence-electron chi connectivity index (χ3n) is 2.93. The van der Waals surface area contributed by atoms with Crippen molar-refractivity contribution in [3.05, 3.63) is 28.2 Å². The summed E-state index contributed by atoms with van der Waals surface area (Å²) < 4.78 is 0.503. The zero-order chi connectivity index (χ0) is 13.8. The number of amides is 1. The molecule has 0 saturated heterocycles. The van der Waals surface area contributed by atoms with Crippen LogP contribution in [0.3, 0.4) is 0 Å². The molecule has 0 radical (unpaired) electrons. The minimum Gasteiger partial charge on any atom is -0.398 e. The Hall–Kier alpha value is -1.11. The molecule has 1 aromatic rings. The SMILES string of the molecule is CCC(CO)(CO)NC(=O)c1cccc(N)c1Br. The number of rotatable bonds is 5. The van der Waals surface area contributed by atoms with Gasteiger partial charge in [-0.2, -0.15) is 0 Å². The Morgan fingerprint density at radius 1 is 1.44 bits per heavy atom. The van der Waals surface area contributed by atoms with E-state index in [1.807, 2.05) is 0 Å². The van der Waals surface area contributed by atoms with Crippen molar-refractivity contribution in [1.82, 2.24) is 5.32 Å². The van der Waals surface area contributed by atoms with Crippen LogP contribution in [0.2, 0.25) is 0 Å². The normalized spacial score (nSPS) is 11.3. The van der Waals surface area contributed by atoms with Gasteiger partial charge in [0.2, 0.25) is 0 Å². The number of nitrogens with one attached hydrogen (secondary N) is 1. The zero-order valence-corrected chi connectivity index (χ0v) is 11.7. The van der Waals surface area contributed by atoms with Crippen LogP contribution < -0.4 is 11.1 Å². The largest absolute Gasteiger partial charge is 0.398 e. The highest BCUT2D eigenvalue weighted by molar-refractivity contribution is 9.10. The molecular formula is C12H17BrN2O3. The lowest BCUT2D eigenvalue weighted by atomic mass is 9.98. The topological polar surface area (TPSA) is 95.6 Å². The van der Waals surface area contributed by atoms with Crippen molar-refractivity contribution in [2.24, 2.45) is 0 Å². The van der Waals surface area contributed by atoms with E-state index in [9.17, 15) is 15.0 Å². The van der Waals surface area contributed by atoms with Crippen molar-refractivity contribution < 1.29 is 15.0 Å². The highest BCUT2D eigenvalue weighted by Crippen LogP contribution is 2.24. The van der Waals surface area contributed by atoms with Gasteiger partial charge in [0.25, 0.3) is 5.91 Å². The second-order valence-corrected chi connectivity index (χ2v) is 4.91. The summed E-state index contributed by atoms with van der Waals surface area (Å²) in [5, 5.41) is 21.2. The van der Waals surface area contributed by atoms with E-state index < -0.39 is 5.54 Å². The van der Waals surface area contributed by atoms with Gasteiger partial charge in [0.05, 0.1) is 28.8 Å². The molecule has 0 fully saturated rings. The zero-order valence-electron chi connectivity index (χ0n) is 10.1. The number of carbonyl (C=O) groups is 1. The van der Waals surface area contributed by atoms with Crippen LogP contribution in [-0.2, 0) is 0 Å². The monoisotopic (exact) mass is 316 g/mol. The van der Waals surface area contributed by atoms with Crippen LogP contribution in [-0.4, -0.2) is 34.9 Å². The van der Waals surface area contributed by atoms with Gasteiger partial charge >= 0.3 is 0 Å². The van der Waals surface area contributed by atoms with Gasteiger partial charge in [-0.05, 0) is 34.5 Å². The minimum atomic E-state index is -1.01. The number of nitrogens with two attached hydrogens (primary N) is 1. The molecule has 0 saturated carbocycles. The molecule has 5 nitrogen and oxygen atoms in total. The molecule has 0 bridgehead atoms. The number of benzene rings is 1. The van der Waals surface area contributed by atoms with Crippen LogP contribution in [0.25, 0.3) is 0 Å². The first kappa shape index (κ1) is 14.9. The Morgan fingerprint density at radius 3 is 2.56 bits per heavy atom. The van der Waals surface area contributed by atoms with E-state index in [-0.39, 0.29) is 19.1 Å². The van der Waals surface area contributed by atoms with Gasteiger partial charge in [-0.3, -0.25) is 4.79 Å². The summed E-state index contributed by atoms with van der Waals surface area (Å²) in [5.41, 5.74) is 5.51. The van der Waals surface area contributed by atoms with E-state index in [2.05, 4.69) is 21.2 Å². The van der Waals surface area contributed by atoms with Crippen molar-refractivity contribution in [1.29, 1.82) is 0 Å². The molecule has 0 aliphatic heterocycles. The third kappa shape index (κ3) is 3.01. The Labute approximate surface area is 114 Å². The molecule has 0 heterocycles. The highest BCUT2D eigenvalue weighted by Gasteiger charge is 2.29. The van der Waals surface area contributed by atoms with Crippen molar-refractivity contribution in [3.63, 3.8) is 0 Å². The number of anilines is 1. The van der Waals surface area contributed by atoms with Crippen molar-refractivity contribution in [3.8, 4) is 0 Å². The highest BCUT2D eigenvalue weighted by atomic mass is 79.9. The quantitative estimate of drug-likeness (QED) is 0.607. The van der Waals surface area contributed by atoms with Crippen LogP contribution >= 0.6 is 15.9 Å². The summed E-state index contributed by atoms with van der Waals surface area (Å²) in [4.78, 5) is 12.1. The van der Waals surface area contributed by atoms with Gasteiger partial charge in [-0.1, -0.05) is 13.0 Å². The smallest absolute Gasteiger partial charge is 0.253 e. The number of halogens is 1. The molecule has 0 spiro atoms. The van der Waals surface area contributed by atoms with Crippen LogP contribution in [0.15, 0.2) is 22.7 Å². The molecule has 0 unspecified atom stereocenters. The van der Waals surface area contributed by atoms with E-state index >= 15 is 0 Å². The Kier molecular flexibility index (Phi) is 5.13. The summed E-state index contributed by atoms with van der Waals surface area (Å²) in [7, 11) is 0. The summed E-state index contributed by atoms with van der Waals surface area (Å²) >= 11 is 3.24. The molecule has 1 aromatic carbocycles. The first-order valence-electron chi connectivity index (χ1n) is 5.58. The molecule has 0 aliphatic rings. The average Bonchev–Trinajstić information content (AvgIpc) is 2.39. The van der Waals surface area contributed by atoms with Crippen molar-refractivity contribution in [2.45, 2.75) is 18.9 Å². The Morgan fingerprint density at radius 2 is 2.06 bits per heavy atom. The van der Waals surface area contributed by atoms with E-state index in [0.717, 1.165) is 0 Å². The molecule has 5 N–H and O–H groups in total. The van der Waals surface area contributed by atoms with E-state index in [0.29, 0.717) is 22.1 Å². The van der Waals surface area contributed by atoms with E-state index in [1.165, 1.54) is 0 Å². The third-order valence-corrected chi connectivity index (χ3v) is 3.82. The van der Waals surface area contributed by atoms with Gasteiger partial charge in [0.1, 0.15) is 0 Å². The number of hydrogen-bond donors (Lipinski definition) is 4. The maximum Gasteiger partial charge on any atom is 0.253 e. The minimum absolute atomic E-state index is 0.328. The number of hydrogen-bond acceptors (Lipinski definition) is 4. The standard InChI is InChI=1S/C12H17BrN2O3/c1-2-12(6-16,7-17)15-11(18)8-4-3-5-9(14)10(8)13/h3-5,16-17H,2,6-7,14H2,1H3,(H,15,18). The fourth-order valence-corrected chi connectivity index (χ4v) is 1.92. The maximum atomic E-state index is 12.1. The van der Waals surface area contributed by atoms with Gasteiger partial charge in [0, 0.05) is 5.69 Å². The molecule has 1 rings (SSSR count). The van der Waals surface area contributed by atoms with Crippen LogP contribution in [0, 0.1) is 0 Å².